The molecule has 220 valence electrons. The summed E-state index contributed by atoms with van der Waals surface area (Å²) in [5.74, 6) is -1.90. The summed E-state index contributed by atoms with van der Waals surface area (Å²) in [5.41, 5.74) is 7.23. The van der Waals surface area contributed by atoms with Gasteiger partial charge in [-0.05, 0) is 42.5 Å². The van der Waals surface area contributed by atoms with E-state index < -0.39 is 48.3 Å². The van der Waals surface area contributed by atoms with Crippen molar-refractivity contribution in [2.45, 2.75) is 37.6 Å². The number of nitrogens with one attached hydrogen (secondary N) is 1. The molecule has 0 bridgehead atoms. The SMILES string of the molecule is NC(CO)C(=O)N(CC1CNCC1F)C(c1nc(-c2cc(F)ccc2F)cn1Cc1ccccc1)C1CCOCC1. The molecule has 4 unspecified atom stereocenters. The molecule has 0 aliphatic carbocycles. The predicted molar refractivity (Wildman–Crippen MR) is 147 cm³/mol. The first-order valence-corrected chi connectivity index (χ1v) is 14.0. The van der Waals surface area contributed by atoms with E-state index in [1.807, 2.05) is 34.9 Å². The average Bonchev–Trinajstić information content (AvgIpc) is 3.59. The minimum absolute atomic E-state index is 0.00228. The van der Waals surface area contributed by atoms with Gasteiger partial charge in [-0.15, -0.1) is 0 Å². The van der Waals surface area contributed by atoms with Crippen molar-refractivity contribution in [3.8, 4) is 11.3 Å². The topological polar surface area (TPSA) is 106 Å². The number of aliphatic hydroxyl groups excluding tert-OH is 1. The van der Waals surface area contributed by atoms with Crippen LogP contribution in [0.4, 0.5) is 13.2 Å². The number of imidazole rings is 1. The minimum Gasteiger partial charge on any atom is -0.394 e. The Balaban J connectivity index is 1.66. The highest BCUT2D eigenvalue weighted by atomic mass is 19.1. The summed E-state index contributed by atoms with van der Waals surface area (Å²) < 4.78 is 51.5. The van der Waals surface area contributed by atoms with Gasteiger partial charge in [0.15, 0.2) is 0 Å². The van der Waals surface area contributed by atoms with E-state index in [-0.39, 0.29) is 30.3 Å². The molecule has 1 aromatic heterocycles. The summed E-state index contributed by atoms with van der Waals surface area (Å²) in [4.78, 5) is 20.2. The maximum absolute atomic E-state index is 14.9. The molecule has 41 heavy (non-hydrogen) atoms. The van der Waals surface area contributed by atoms with E-state index in [1.165, 1.54) is 0 Å². The molecular formula is C30H36F3N5O3. The number of benzene rings is 2. The second kappa shape index (κ2) is 13.2. The van der Waals surface area contributed by atoms with Gasteiger partial charge >= 0.3 is 0 Å². The van der Waals surface area contributed by atoms with Crippen LogP contribution in [0.5, 0.6) is 0 Å². The Labute approximate surface area is 237 Å². The summed E-state index contributed by atoms with van der Waals surface area (Å²) in [6.07, 6.45) is 1.71. The van der Waals surface area contributed by atoms with Gasteiger partial charge in [-0.3, -0.25) is 4.79 Å². The largest absolute Gasteiger partial charge is 0.394 e. The molecule has 4 atom stereocenters. The molecule has 2 aliphatic heterocycles. The Morgan fingerprint density at radius 3 is 2.61 bits per heavy atom. The molecular weight excluding hydrogens is 535 g/mol. The number of carbonyl (C=O) groups is 1. The fraction of sp³-hybridized carbons (Fsp3) is 0.467. The van der Waals surface area contributed by atoms with Crippen LogP contribution >= 0.6 is 0 Å². The third-order valence-corrected chi connectivity index (χ3v) is 8.01. The first-order chi connectivity index (χ1) is 19.9. The van der Waals surface area contributed by atoms with Crippen LogP contribution in [0.15, 0.2) is 54.7 Å². The van der Waals surface area contributed by atoms with E-state index in [2.05, 4.69) is 5.32 Å². The molecule has 8 nitrogen and oxygen atoms in total. The zero-order chi connectivity index (χ0) is 28.9. The number of hydrogen-bond donors (Lipinski definition) is 3. The first kappa shape index (κ1) is 29.2. The number of halogens is 3. The number of aliphatic hydroxyl groups is 1. The maximum atomic E-state index is 14.9. The zero-order valence-corrected chi connectivity index (χ0v) is 22.8. The Hall–Kier alpha value is -3.25. The van der Waals surface area contributed by atoms with Crippen molar-refractivity contribution >= 4 is 5.91 Å². The van der Waals surface area contributed by atoms with Crippen LogP contribution < -0.4 is 11.1 Å². The van der Waals surface area contributed by atoms with Crippen molar-refractivity contribution in [3.63, 3.8) is 0 Å². The molecule has 2 fully saturated rings. The summed E-state index contributed by atoms with van der Waals surface area (Å²) >= 11 is 0. The van der Waals surface area contributed by atoms with E-state index in [0.29, 0.717) is 45.0 Å². The first-order valence-electron chi connectivity index (χ1n) is 14.0. The fourth-order valence-electron chi connectivity index (χ4n) is 5.80. The van der Waals surface area contributed by atoms with E-state index in [4.69, 9.17) is 15.5 Å². The zero-order valence-electron chi connectivity index (χ0n) is 22.8. The molecule has 1 amide bonds. The summed E-state index contributed by atoms with van der Waals surface area (Å²) in [6.45, 7) is 1.35. The molecule has 2 aliphatic rings. The van der Waals surface area contributed by atoms with Crippen LogP contribution in [0, 0.1) is 23.5 Å². The fourth-order valence-corrected chi connectivity index (χ4v) is 5.80. The molecule has 3 aromatic rings. The molecule has 4 N–H and O–H groups in total. The molecule has 0 spiro atoms. The number of alkyl halides is 1. The predicted octanol–water partition coefficient (Wildman–Crippen LogP) is 3.05. The Morgan fingerprint density at radius 1 is 1.17 bits per heavy atom. The quantitative estimate of drug-likeness (QED) is 0.346. The van der Waals surface area contributed by atoms with Gasteiger partial charge in [0.05, 0.1) is 18.3 Å². The minimum atomic E-state index is -1.21. The lowest BCUT2D eigenvalue weighted by Gasteiger charge is -2.40. The van der Waals surface area contributed by atoms with Crippen LogP contribution in [0.2, 0.25) is 0 Å². The number of hydrogen-bond acceptors (Lipinski definition) is 6. The normalized spacial score (nSPS) is 21.1. The molecule has 2 saturated heterocycles. The van der Waals surface area contributed by atoms with Gasteiger partial charge < -0.3 is 30.4 Å². The second-order valence-electron chi connectivity index (χ2n) is 10.8. The van der Waals surface area contributed by atoms with Crippen molar-refractivity contribution in [2.75, 3.05) is 39.5 Å². The second-order valence-corrected chi connectivity index (χ2v) is 10.8. The number of nitrogens with two attached hydrogens (primary N) is 1. The van der Waals surface area contributed by atoms with Crippen LogP contribution in [-0.4, -0.2) is 77.1 Å². The third-order valence-electron chi connectivity index (χ3n) is 8.01. The molecule has 0 radical (unpaired) electrons. The molecule has 5 rings (SSSR count). The summed E-state index contributed by atoms with van der Waals surface area (Å²) in [6, 6.07) is 10.9. The van der Waals surface area contributed by atoms with Crippen LogP contribution in [0.25, 0.3) is 11.3 Å². The van der Waals surface area contributed by atoms with Gasteiger partial charge in [0.1, 0.15) is 29.7 Å². The van der Waals surface area contributed by atoms with Crippen molar-refractivity contribution in [3.05, 3.63) is 77.8 Å². The number of carbonyl (C=O) groups excluding carboxylic acids is 1. The van der Waals surface area contributed by atoms with Crippen molar-refractivity contribution in [2.24, 2.45) is 17.6 Å². The monoisotopic (exact) mass is 571 g/mol. The highest BCUT2D eigenvalue weighted by molar-refractivity contribution is 5.82. The lowest BCUT2D eigenvalue weighted by Crippen LogP contribution is -2.52. The van der Waals surface area contributed by atoms with Crippen LogP contribution in [-0.2, 0) is 16.1 Å². The lowest BCUT2D eigenvalue weighted by molar-refractivity contribution is -0.139. The van der Waals surface area contributed by atoms with Crippen molar-refractivity contribution in [1.82, 2.24) is 19.8 Å². The van der Waals surface area contributed by atoms with E-state index in [1.54, 1.807) is 11.1 Å². The average molecular weight is 572 g/mol. The van der Waals surface area contributed by atoms with Gasteiger partial charge in [0.25, 0.3) is 0 Å². The number of aromatic nitrogens is 2. The van der Waals surface area contributed by atoms with Crippen molar-refractivity contribution < 1.29 is 27.8 Å². The van der Waals surface area contributed by atoms with E-state index >= 15 is 0 Å². The Morgan fingerprint density at radius 2 is 1.93 bits per heavy atom. The number of ether oxygens (including phenoxy) is 1. The van der Waals surface area contributed by atoms with E-state index in [9.17, 15) is 23.1 Å². The van der Waals surface area contributed by atoms with Gasteiger partial charge in [0, 0.05) is 57.1 Å². The summed E-state index contributed by atoms with van der Waals surface area (Å²) in [5, 5.41) is 12.8. The van der Waals surface area contributed by atoms with Gasteiger partial charge in [0.2, 0.25) is 5.91 Å². The lowest BCUT2D eigenvalue weighted by atomic mass is 9.88. The molecule has 3 heterocycles. The maximum Gasteiger partial charge on any atom is 0.242 e. The molecule has 0 saturated carbocycles. The Bertz CT molecular complexity index is 1320. The van der Waals surface area contributed by atoms with Gasteiger partial charge in [-0.1, -0.05) is 30.3 Å². The number of nitrogens with zero attached hydrogens (tertiary/aromatic N) is 3. The highest BCUT2D eigenvalue weighted by Gasteiger charge is 2.41. The third kappa shape index (κ3) is 6.64. The smallest absolute Gasteiger partial charge is 0.242 e. The Kier molecular flexibility index (Phi) is 9.39. The molecule has 11 heteroatoms. The van der Waals surface area contributed by atoms with Gasteiger partial charge in [-0.25, -0.2) is 18.2 Å². The van der Waals surface area contributed by atoms with Crippen molar-refractivity contribution in [1.29, 1.82) is 0 Å². The molecule has 2 aromatic carbocycles. The van der Waals surface area contributed by atoms with Crippen LogP contribution in [0.1, 0.15) is 30.3 Å². The van der Waals surface area contributed by atoms with E-state index in [0.717, 1.165) is 23.8 Å². The number of amides is 1. The van der Waals surface area contributed by atoms with Gasteiger partial charge in [-0.2, -0.15) is 0 Å². The standard InChI is InChI=1S/C30H36F3N5O3/c31-22-6-7-24(32)23(12-22)27-17-37(15-19-4-2-1-3-5-19)29(36-27)28(20-8-10-41-11-9-20)38(30(40)26(34)18-39)16-21-13-35-14-25(21)33/h1-7,12,17,20-21,25-26,28,35,39H,8-11,13-16,18,34H2. The highest BCUT2D eigenvalue weighted by Crippen LogP contribution is 2.38. The van der Waals surface area contributed by atoms with Crippen LogP contribution in [0.3, 0.4) is 0 Å². The number of rotatable bonds is 10. The summed E-state index contributed by atoms with van der Waals surface area (Å²) in [7, 11) is 0.